The van der Waals surface area contributed by atoms with Crippen molar-refractivity contribution < 1.29 is 9.47 Å². The van der Waals surface area contributed by atoms with Crippen LogP contribution in [0.15, 0.2) is 30.9 Å². The fraction of sp³-hybridized carbons (Fsp3) is 0.500. The SMILES string of the molecule is C=CCCc1cccc2c1CC1(CC2)OCCO1. The molecule has 0 amide bonds. The van der Waals surface area contributed by atoms with Gasteiger partial charge in [-0.15, -0.1) is 6.58 Å². The molecule has 0 saturated carbocycles. The number of hydrogen-bond acceptors (Lipinski definition) is 2. The molecule has 1 aromatic rings. The van der Waals surface area contributed by atoms with E-state index in [2.05, 4.69) is 24.8 Å². The van der Waals surface area contributed by atoms with E-state index in [0.717, 1.165) is 45.3 Å². The minimum atomic E-state index is -0.322. The maximum absolute atomic E-state index is 5.86. The van der Waals surface area contributed by atoms with Gasteiger partial charge in [0.2, 0.25) is 0 Å². The zero-order valence-electron chi connectivity index (χ0n) is 10.8. The summed E-state index contributed by atoms with van der Waals surface area (Å²) in [7, 11) is 0. The Morgan fingerprint density at radius 1 is 1.28 bits per heavy atom. The molecule has 1 aromatic carbocycles. The third-order valence-corrected chi connectivity index (χ3v) is 4.02. The largest absolute Gasteiger partial charge is 0.347 e. The first-order chi connectivity index (χ1) is 8.83. The molecule has 2 heteroatoms. The van der Waals surface area contributed by atoms with Crippen LogP contribution in [0.25, 0.3) is 0 Å². The highest BCUT2D eigenvalue weighted by Gasteiger charge is 2.40. The van der Waals surface area contributed by atoms with Gasteiger partial charge in [-0.05, 0) is 36.0 Å². The van der Waals surface area contributed by atoms with Crippen molar-refractivity contribution in [1.82, 2.24) is 0 Å². The lowest BCUT2D eigenvalue weighted by molar-refractivity contribution is -0.163. The van der Waals surface area contributed by atoms with Gasteiger partial charge in [0.05, 0.1) is 13.2 Å². The summed E-state index contributed by atoms with van der Waals surface area (Å²) in [6, 6.07) is 6.65. The van der Waals surface area contributed by atoms with Crippen LogP contribution >= 0.6 is 0 Å². The van der Waals surface area contributed by atoms with Crippen LogP contribution in [-0.4, -0.2) is 19.0 Å². The number of ether oxygens (including phenoxy) is 2. The van der Waals surface area contributed by atoms with Crippen LogP contribution in [0.4, 0.5) is 0 Å². The second kappa shape index (κ2) is 4.87. The Morgan fingerprint density at radius 2 is 2.11 bits per heavy atom. The van der Waals surface area contributed by atoms with Crippen LogP contribution in [-0.2, 0) is 28.7 Å². The van der Waals surface area contributed by atoms with Crippen LogP contribution in [0.1, 0.15) is 29.5 Å². The van der Waals surface area contributed by atoms with E-state index in [1.165, 1.54) is 16.7 Å². The predicted octanol–water partition coefficient (Wildman–Crippen LogP) is 3.04. The zero-order chi connectivity index (χ0) is 12.4. The van der Waals surface area contributed by atoms with E-state index in [1.807, 2.05) is 6.08 Å². The number of aryl methyl sites for hydroxylation is 2. The van der Waals surface area contributed by atoms with Gasteiger partial charge in [0.25, 0.3) is 0 Å². The Morgan fingerprint density at radius 3 is 2.89 bits per heavy atom. The summed E-state index contributed by atoms with van der Waals surface area (Å²) >= 11 is 0. The monoisotopic (exact) mass is 244 g/mol. The summed E-state index contributed by atoms with van der Waals surface area (Å²) in [5.41, 5.74) is 4.36. The molecule has 1 saturated heterocycles. The van der Waals surface area contributed by atoms with Gasteiger partial charge in [-0.1, -0.05) is 24.3 Å². The second-order valence-electron chi connectivity index (χ2n) is 5.17. The molecular formula is C16H20O2. The highest BCUT2D eigenvalue weighted by molar-refractivity contribution is 5.38. The maximum Gasteiger partial charge on any atom is 0.172 e. The third kappa shape index (κ3) is 2.11. The van der Waals surface area contributed by atoms with Crippen molar-refractivity contribution in [3.05, 3.63) is 47.5 Å². The summed E-state index contributed by atoms with van der Waals surface area (Å²) in [5.74, 6) is -0.322. The molecule has 2 nitrogen and oxygen atoms in total. The van der Waals surface area contributed by atoms with Crippen LogP contribution in [0.5, 0.6) is 0 Å². The summed E-state index contributed by atoms with van der Waals surface area (Å²) in [6.07, 6.45) is 7.06. The van der Waals surface area contributed by atoms with Gasteiger partial charge in [0.1, 0.15) is 0 Å². The lowest BCUT2D eigenvalue weighted by Crippen LogP contribution is -2.37. The molecule has 2 aliphatic rings. The molecular weight excluding hydrogens is 224 g/mol. The molecule has 96 valence electrons. The molecule has 18 heavy (non-hydrogen) atoms. The number of allylic oxidation sites excluding steroid dienone is 1. The molecule has 0 radical (unpaired) electrons. The number of fused-ring (bicyclic) bond motifs is 1. The summed E-state index contributed by atoms with van der Waals surface area (Å²) in [5, 5.41) is 0. The van der Waals surface area contributed by atoms with E-state index in [-0.39, 0.29) is 5.79 Å². The first-order valence-electron chi connectivity index (χ1n) is 6.81. The van der Waals surface area contributed by atoms with Crippen molar-refractivity contribution in [2.75, 3.05) is 13.2 Å². The maximum atomic E-state index is 5.86. The first-order valence-corrected chi connectivity index (χ1v) is 6.81. The van der Waals surface area contributed by atoms with Gasteiger partial charge in [0, 0.05) is 12.8 Å². The lowest BCUT2D eigenvalue weighted by Gasteiger charge is -2.34. The van der Waals surface area contributed by atoms with Crippen molar-refractivity contribution in [1.29, 1.82) is 0 Å². The normalized spacial score (nSPS) is 20.9. The van der Waals surface area contributed by atoms with Gasteiger partial charge in [-0.25, -0.2) is 0 Å². The van der Waals surface area contributed by atoms with Crippen molar-refractivity contribution in [3.63, 3.8) is 0 Å². The van der Waals surface area contributed by atoms with Gasteiger partial charge >= 0.3 is 0 Å². The van der Waals surface area contributed by atoms with Crippen molar-refractivity contribution in [2.45, 2.75) is 37.9 Å². The molecule has 0 N–H and O–H groups in total. The molecule has 1 aliphatic heterocycles. The Hall–Kier alpha value is -1.12. The molecule has 0 atom stereocenters. The smallest absolute Gasteiger partial charge is 0.172 e. The van der Waals surface area contributed by atoms with Crippen molar-refractivity contribution in [3.8, 4) is 0 Å². The fourth-order valence-electron chi connectivity index (χ4n) is 3.07. The molecule has 0 bridgehead atoms. The average molecular weight is 244 g/mol. The van der Waals surface area contributed by atoms with Crippen LogP contribution in [0, 0.1) is 0 Å². The van der Waals surface area contributed by atoms with Crippen LogP contribution in [0.3, 0.4) is 0 Å². The molecule has 1 aliphatic carbocycles. The van der Waals surface area contributed by atoms with E-state index in [9.17, 15) is 0 Å². The minimum Gasteiger partial charge on any atom is -0.347 e. The quantitative estimate of drug-likeness (QED) is 0.761. The lowest BCUT2D eigenvalue weighted by atomic mass is 9.83. The molecule has 1 spiro atoms. The number of benzene rings is 1. The van der Waals surface area contributed by atoms with Crippen molar-refractivity contribution >= 4 is 0 Å². The van der Waals surface area contributed by atoms with E-state index < -0.39 is 0 Å². The second-order valence-corrected chi connectivity index (χ2v) is 5.17. The number of hydrogen-bond donors (Lipinski definition) is 0. The molecule has 0 unspecified atom stereocenters. The highest BCUT2D eigenvalue weighted by atomic mass is 16.7. The first kappa shape index (κ1) is 11.9. The average Bonchev–Trinajstić information content (AvgIpc) is 2.84. The predicted molar refractivity (Wildman–Crippen MR) is 71.6 cm³/mol. The Bertz CT molecular complexity index is 444. The number of rotatable bonds is 3. The van der Waals surface area contributed by atoms with Gasteiger partial charge in [-0.3, -0.25) is 0 Å². The summed E-state index contributed by atoms with van der Waals surface area (Å²) < 4.78 is 11.7. The van der Waals surface area contributed by atoms with Gasteiger partial charge in [-0.2, -0.15) is 0 Å². The van der Waals surface area contributed by atoms with E-state index in [1.54, 1.807) is 0 Å². The highest BCUT2D eigenvalue weighted by Crippen LogP contribution is 2.36. The minimum absolute atomic E-state index is 0.322. The van der Waals surface area contributed by atoms with Crippen LogP contribution in [0.2, 0.25) is 0 Å². The zero-order valence-corrected chi connectivity index (χ0v) is 10.8. The summed E-state index contributed by atoms with van der Waals surface area (Å²) in [4.78, 5) is 0. The fourth-order valence-corrected chi connectivity index (χ4v) is 3.07. The standard InChI is InChI=1S/C16H20O2/c1-2-3-5-13-6-4-7-14-8-9-16(12-15(13)14)17-10-11-18-16/h2,4,6-7H,1,3,5,8-12H2. The Balaban J connectivity index is 1.89. The van der Waals surface area contributed by atoms with Gasteiger partial charge in [0.15, 0.2) is 5.79 Å². The topological polar surface area (TPSA) is 18.5 Å². The van der Waals surface area contributed by atoms with E-state index >= 15 is 0 Å². The Kier molecular flexibility index (Phi) is 3.23. The molecule has 1 heterocycles. The molecule has 0 aromatic heterocycles. The van der Waals surface area contributed by atoms with Crippen LogP contribution < -0.4 is 0 Å². The van der Waals surface area contributed by atoms with E-state index in [4.69, 9.17) is 9.47 Å². The summed E-state index contributed by atoms with van der Waals surface area (Å²) in [6.45, 7) is 5.29. The van der Waals surface area contributed by atoms with Gasteiger partial charge < -0.3 is 9.47 Å². The molecule has 1 fully saturated rings. The van der Waals surface area contributed by atoms with Crippen molar-refractivity contribution in [2.24, 2.45) is 0 Å². The van der Waals surface area contributed by atoms with E-state index in [0.29, 0.717) is 0 Å². The third-order valence-electron chi connectivity index (χ3n) is 4.02. The Labute approximate surface area is 109 Å². The molecule has 3 rings (SSSR count).